The van der Waals surface area contributed by atoms with Crippen LogP contribution in [0, 0.1) is 24.0 Å². The molecule has 1 aromatic heterocycles. The first kappa shape index (κ1) is 26.2. The van der Waals surface area contributed by atoms with Gasteiger partial charge in [0.05, 0.1) is 16.5 Å². The molecule has 39 heavy (non-hydrogen) atoms. The average Bonchev–Trinajstić information content (AvgIpc) is 2.94. The Morgan fingerprint density at radius 2 is 1.72 bits per heavy atom. The van der Waals surface area contributed by atoms with Gasteiger partial charge in [-0.25, -0.2) is 0 Å². The smallest absolute Gasteiger partial charge is 0.269 e. The van der Waals surface area contributed by atoms with Crippen LogP contribution in [0.1, 0.15) is 50.2 Å². The van der Waals surface area contributed by atoms with Crippen LogP contribution in [0.2, 0.25) is 0 Å². The van der Waals surface area contributed by atoms with Crippen LogP contribution in [0.15, 0.2) is 79.0 Å². The first-order chi connectivity index (χ1) is 18.8. The van der Waals surface area contributed by atoms with Crippen molar-refractivity contribution in [2.24, 2.45) is 0 Å². The summed E-state index contributed by atoms with van der Waals surface area (Å²) < 4.78 is 0. The van der Waals surface area contributed by atoms with E-state index >= 15 is 0 Å². The van der Waals surface area contributed by atoms with E-state index in [0.29, 0.717) is 37.1 Å². The Hall–Kier alpha value is -4.43. The van der Waals surface area contributed by atoms with Gasteiger partial charge in [0.1, 0.15) is 0 Å². The lowest BCUT2D eigenvalue weighted by Gasteiger charge is -2.39. The van der Waals surface area contributed by atoms with E-state index in [0.717, 1.165) is 27.6 Å². The van der Waals surface area contributed by atoms with Gasteiger partial charge in [0, 0.05) is 54.0 Å². The number of likely N-dealkylation sites (tertiary alicyclic amines) is 1. The maximum atomic E-state index is 13.8. The molecule has 8 heteroatoms. The fourth-order valence-corrected chi connectivity index (χ4v) is 5.41. The number of Topliss-reactive ketones (excluding diaryl/α,β-unsaturated/α-hetero) is 1. The second-order valence-electron chi connectivity index (χ2n) is 10.1. The number of piperidine rings is 1. The molecule has 0 spiro atoms. The first-order valence-corrected chi connectivity index (χ1v) is 13.0. The number of aromatic nitrogens is 1. The number of ketones is 1. The van der Waals surface area contributed by atoms with Crippen LogP contribution in [0.3, 0.4) is 0 Å². The van der Waals surface area contributed by atoms with Gasteiger partial charge in [0.15, 0.2) is 5.78 Å². The van der Waals surface area contributed by atoms with E-state index in [2.05, 4.69) is 10.3 Å². The van der Waals surface area contributed by atoms with Crippen LogP contribution in [0.4, 0.5) is 5.69 Å². The molecule has 8 nitrogen and oxygen atoms in total. The number of carbonyl (C=O) groups excluding carboxylic acids is 2. The molecule has 1 fully saturated rings. The van der Waals surface area contributed by atoms with Crippen LogP contribution in [-0.2, 0) is 6.54 Å². The molecular weight excluding hydrogens is 492 g/mol. The number of aryl methyl sites for hydroxylation is 2. The van der Waals surface area contributed by atoms with Crippen molar-refractivity contribution in [1.29, 1.82) is 0 Å². The highest BCUT2D eigenvalue weighted by atomic mass is 16.6. The number of rotatable bonds is 7. The van der Waals surface area contributed by atoms with Crippen LogP contribution in [0.25, 0.3) is 10.9 Å². The van der Waals surface area contributed by atoms with Gasteiger partial charge in [-0.05, 0) is 68.7 Å². The third kappa shape index (κ3) is 5.71. The Morgan fingerprint density at radius 1 is 1.00 bits per heavy atom. The topological polar surface area (TPSA) is 105 Å². The Morgan fingerprint density at radius 3 is 2.44 bits per heavy atom. The standard InChI is InChI=1S/C31H30N4O4/c1-20-15-21(2)17-24(16-20)31(37)34-14-12-25(33-19-23-11-13-32-28-6-4-3-5-27(23)28)18-29(34)30(36)22-7-9-26(10-8-22)35(38)39/h3-11,13,15-17,25,29,33H,12,14,18-19H2,1-2H3/t25-,29+/m0/s1. The molecule has 1 saturated heterocycles. The molecule has 4 aromatic rings. The summed E-state index contributed by atoms with van der Waals surface area (Å²) in [4.78, 5) is 44.2. The van der Waals surface area contributed by atoms with E-state index in [1.54, 1.807) is 11.1 Å². The van der Waals surface area contributed by atoms with Gasteiger partial charge in [0.25, 0.3) is 11.6 Å². The van der Waals surface area contributed by atoms with E-state index < -0.39 is 11.0 Å². The van der Waals surface area contributed by atoms with Crippen molar-refractivity contribution in [2.45, 2.75) is 45.3 Å². The summed E-state index contributed by atoms with van der Waals surface area (Å²) in [6.07, 6.45) is 2.93. The van der Waals surface area contributed by atoms with Gasteiger partial charge in [-0.1, -0.05) is 35.4 Å². The van der Waals surface area contributed by atoms with Crippen LogP contribution in [0.5, 0.6) is 0 Å². The molecule has 198 valence electrons. The zero-order valence-electron chi connectivity index (χ0n) is 22.0. The SMILES string of the molecule is Cc1cc(C)cc(C(=O)N2CC[C@H](NCc3ccnc4ccccc34)C[C@@H]2C(=O)c2ccc([N+](=O)[O-])cc2)c1. The number of nitro benzene ring substituents is 1. The number of amides is 1. The summed E-state index contributed by atoms with van der Waals surface area (Å²) in [7, 11) is 0. The zero-order chi connectivity index (χ0) is 27.5. The van der Waals surface area contributed by atoms with Gasteiger partial charge in [-0.2, -0.15) is 0 Å². The molecular formula is C31H30N4O4. The maximum absolute atomic E-state index is 13.8. The number of nitrogens with zero attached hydrogens (tertiary/aromatic N) is 3. The Kier molecular flexibility index (Phi) is 7.47. The maximum Gasteiger partial charge on any atom is 0.269 e. The van der Waals surface area contributed by atoms with E-state index in [4.69, 9.17) is 0 Å². The van der Waals surface area contributed by atoms with Gasteiger partial charge in [0.2, 0.25) is 0 Å². The van der Waals surface area contributed by atoms with E-state index in [1.165, 1.54) is 24.3 Å². The molecule has 1 N–H and O–H groups in total. The molecule has 3 aromatic carbocycles. The number of benzene rings is 3. The molecule has 0 unspecified atom stereocenters. The summed E-state index contributed by atoms with van der Waals surface area (Å²) in [5, 5.41) is 15.8. The number of hydrogen-bond donors (Lipinski definition) is 1. The largest absolute Gasteiger partial charge is 0.328 e. The predicted octanol–water partition coefficient (Wildman–Crippen LogP) is 5.41. The molecule has 1 aliphatic rings. The number of para-hydroxylation sites is 1. The number of nitro groups is 1. The van der Waals surface area contributed by atoms with Gasteiger partial charge >= 0.3 is 0 Å². The molecule has 0 aliphatic carbocycles. The van der Waals surface area contributed by atoms with E-state index in [-0.39, 0.29) is 23.4 Å². The second-order valence-corrected chi connectivity index (χ2v) is 10.1. The van der Waals surface area contributed by atoms with Crippen molar-refractivity contribution < 1.29 is 14.5 Å². The predicted molar refractivity (Wildman–Crippen MR) is 150 cm³/mol. The fourth-order valence-electron chi connectivity index (χ4n) is 5.41. The summed E-state index contributed by atoms with van der Waals surface area (Å²) in [5.41, 5.74) is 4.84. The number of non-ortho nitro benzene ring substituents is 1. The van der Waals surface area contributed by atoms with Gasteiger partial charge in [-0.3, -0.25) is 24.7 Å². The lowest BCUT2D eigenvalue weighted by molar-refractivity contribution is -0.384. The van der Waals surface area contributed by atoms with Crippen molar-refractivity contribution in [3.8, 4) is 0 Å². The van der Waals surface area contributed by atoms with E-state index in [1.807, 2.05) is 62.4 Å². The summed E-state index contributed by atoms with van der Waals surface area (Å²) in [6.45, 7) is 4.92. The number of pyridine rings is 1. The molecule has 2 heterocycles. The van der Waals surface area contributed by atoms with Gasteiger partial charge in [-0.15, -0.1) is 0 Å². The highest BCUT2D eigenvalue weighted by Gasteiger charge is 2.37. The number of carbonyl (C=O) groups is 2. The van der Waals surface area contributed by atoms with Gasteiger partial charge < -0.3 is 10.2 Å². The highest BCUT2D eigenvalue weighted by Crippen LogP contribution is 2.26. The molecule has 5 rings (SSSR count). The number of fused-ring (bicyclic) bond motifs is 1. The summed E-state index contributed by atoms with van der Waals surface area (Å²) in [5.74, 6) is -0.399. The second kappa shape index (κ2) is 11.1. The lowest BCUT2D eigenvalue weighted by atomic mass is 9.90. The Bertz CT molecular complexity index is 1520. The molecule has 1 amide bonds. The fraction of sp³-hybridized carbons (Fsp3) is 0.258. The minimum atomic E-state index is -0.694. The van der Waals surface area contributed by atoms with E-state index in [9.17, 15) is 19.7 Å². The molecule has 1 aliphatic heterocycles. The third-order valence-electron chi connectivity index (χ3n) is 7.32. The van der Waals surface area contributed by atoms with Crippen LogP contribution in [-0.4, -0.2) is 45.1 Å². The summed E-state index contributed by atoms with van der Waals surface area (Å²) in [6, 6.07) is 20.6. The normalized spacial score (nSPS) is 17.2. The van der Waals surface area contributed by atoms with Crippen LogP contribution < -0.4 is 5.32 Å². The monoisotopic (exact) mass is 522 g/mol. The lowest BCUT2D eigenvalue weighted by Crippen LogP contribution is -2.54. The molecule has 2 atom stereocenters. The summed E-state index contributed by atoms with van der Waals surface area (Å²) >= 11 is 0. The average molecular weight is 523 g/mol. The highest BCUT2D eigenvalue weighted by molar-refractivity contribution is 6.04. The molecule has 0 saturated carbocycles. The number of hydrogen-bond acceptors (Lipinski definition) is 6. The van der Waals surface area contributed by atoms with Crippen molar-refractivity contribution >= 4 is 28.3 Å². The Balaban J connectivity index is 1.40. The zero-order valence-corrected chi connectivity index (χ0v) is 22.0. The first-order valence-electron chi connectivity index (χ1n) is 13.0. The molecule has 0 bridgehead atoms. The third-order valence-corrected chi connectivity index (χ3v) is 7.32. The molecule has 0 radical (unpaired) electrons. The van der Waals surface area contributed by atoms with Crippen LogP contribution >= 0.6 is 0 Å². The quantitative estimate of drug-likeness (QED) is 0.198. The van der Waals surface area contributed by atoms with Crippen molar-refractivity contribution in [3.05, 3.63) is 117 Å². The van der Waals surface area contributed by atoms with Crippen molar-refractivity contribution in [2.75, 3.05) is 6.54 Å². The Labute approximate surface area is 226 Å². The number of nitrogens with one attached hydrogen (secondary N) is 1. The van der Waals surface area contributed by atoms with Crippen molar-refractivity contribution in [1.82, 2.24) is 15.2 Å². The minimum Gasteiger partial charge on any atom is -0.328 e. The van der Waals surface area contributed by atoms with Crippen molar-refractivity contribution in [3.63, 3.8) is 0 Å². The minimum absolute atomic E-state index is 0.00669.